The third-order valence-corrected chi connectivity index (χ3v) is 5.29. The second-order valence-corrected chi connectivity index (χ2v) is 6.67. The summed E-state index contributed by atoms with van der Waals surface area (Å²) in [5.74, 6) is 0.773. The normalized spacial score (nSPS) is 14.6. The van der Waals surface area contributed by atoms with E-state index in [2.05, 4.69) is 71.7 Å². The van der Waals surface area contributed by atoms with Crippen molar-refractivity contribution in [2.75, 3.05) is 13.2 Å². The highest BCUT2D eigenvalue weighted by Crippen LogP contribution is 2.40. The molecule has 118 valence electrons. The van der Waals surface area contributed by atoms with Crippen molar-refractivity contribution in [1.29, 1.82) is 0 Å². The van der Waals surface area contributed by atoms with Gasteiger partial charge in [-0.1, -0.05) is 54.6 Å². The van der Waals surface area contributed by atoms with Gasteiger partial charge in [0.1, 0.15) is 6.61 Å². The first-order valence-electron chi connectivity index (χ1n) is 8.67. The highest BCUT2D eigenvalue weighted by Gasteiger charge is 2.16. The second kappa shape index (κ2) is 4.70. The average Bonchev–Trinajstić information content (AvgIpc) is 3.20. The number of hydrogen-bond acceptors (Lipinski definition) is 2. The van der Waals surface area contributed by atoms with E-state index in [0.29, 0.717) is 6.61 Å². The minimum atomic E-state index is 0.682. The summed E-state index contributed by atoms with van der Waals surface area (Å²) in [6, 6.07) is 24.2. The lowest BCUT2D eigenvalue weighted by molar-refractivity contribution is 0.348. The smallest absolute Gasteiger partial charge is 0.216 e. The van der Waals surface area contributed by atoms with Crippen LogP contribution in [0.15, 0.2) is 71.7 Å². The van der Waals surface area contributed by atoms with Gasteiger partial charge in [0.2, 0.25) is 5.90 Å². The van der Waals surface area contributed by atoms with Crippen molar-refractivity contribution in [2.45, 2.75) is 0 Å². The summed E-state index contributed by atoms with van der Waals surface area (Å²) in [5.41, 5.74) is 1.08. The molecule has 0 saturated carbocycles. The number of fused-ring (bicyclic) bond motifs is 2. The molecule has 0 amide bonds. The van der Waals surface area contributed by atoms with Crippen molar-refractivity contribution in [2.24, 2.45) is 4.99 Å². The van der Waals surface area contributed by atoms with Crippen LogP contribution >= 0.6 is 0 Å². The van der Waals surface area contributed by atoms with Crippen LogP contribution in [0.25, 0.3) is 43.1 Å². The molecule has 0 saturated heterocycles. The highest BCUT2D eigenvalue weighted by atomic mass is 16.5. The van der Waals surface area contributed by atoms with Gasteiger partial charge >= 0.3 is 0 Å². The summed E-state index contributed by atoms with van der Waals surface area (Å²) >= 11 is 0. The van der Waals surface area contributed by atoms with Crippen molar-refractivity contribution >= 4 is 49.0 Å². The van der Waals surface area contributed by atoms with Gasteiger partial charge in [-0.15, -0.1) is 0 Å². The number of aliphatic imine (C=N–C) groups is 1. The Morgan fingerprint density at radius 1 is 0.680 bits per heavy atom. The van der Waals surface area contributed by atoms with Crippen molar-refractivity contribution < 1.29 is 4.74 Å². The number of hydrogen-bond donors (Lipinski definition) is 0. The van der Waals surface area contributed by atoms with Crippen LogP contribution < -0.4 is 0 Å². The monoisotopic (exact) mass is 321 g/mol. The number of nitrogens with zero attached hydrogens (tertiary/aromatic N) is 1. The van der Waals surface area contributed by atoms with Gasteiger partial charge in [-0.3, -0.25) is 0 Å². The average molecular weight is 321 g/mol. The molecule has 0 radical (unpaired) electrons. The van der Waals surface area contributed by atoms with Crippen molar-refractivity contribution in [1.82, 2.24) is 0 Å². The van der Waals surface area contributed by atoms with Crippen molar-refractivity contribution in [3.05, 3.63) is 72.3 Å². The van der Waals surface area contributed by atoms with Gasteiger partial charge in [0.15, 0.2) is 0 Å². The molecule has 5 aromatic rings. The third-order valence-electron chi connectivity index (χ3n) is 5.29. The first-order chi connectivity index (χ1) is 12.4. The van der Waals surface area contributed by atoms with E-state index in [1.165, 1.54) is 43.1 Å². The van der Waals surface area contributed by atoms with E-state index in [1.807, 2.05) is 0 Å². The molecule has 0 aliphatic carbocycles. The van der Waals surface area contributed by atoms with E-state index in [9.17, 15) is 0 Å². The summed E-state index contributed by atoms with van der Waals surface area (Å²) in [5, 5.41) is 10.4. The molecule has 0 bridgehead atoms. The molecule has 6 rings (SSSR count). The van der Waals surface area contributed by atoms with E-state index in [-0.39, 0.29) is 0 Å². The standard InChI is InChI=1S/C23H15NO/c1-4-14-5-2-9-19-20-13-16(23-24-10-11-25-23)12-15-6-3-8-18(22(15)20)17(7-1)21(14)19/h1-9,12-13H,10-11H2. The van der Waals surface area contributed by atoms with Crippen LogP contribution in [0, 0.1) is 0 Å². The Kier molecular flexibility index (Phi) is 2.48. The summed E-state index contributed by atoms with van der Waals surface area (Å²) in [6.45, 7) is 1.43. The molecule has 0 aromatic heterocycles. The number of rotatable bonds is 1. The Labute approximate surface area is 144 Å². The summed E-state index contributed by atoms with van der Waals surface area (Å²) in [7, 11) is 0. The molecule has 2 heteroatoms. The van der Waals surface area contributed by atoms with Gasteiger partial charge in [0, 0.05) is 5.56 Å². The van der Waals surface area contributed by atoms with Crippen molar-refractivity contribution in [3.63, 3.8) is 0 Å². The van der Waals surface area contributed by atoms with E-state index >= 15 is 0 Å². The fourth-order valence-corrected chi connectivity index (χ4v) is 4.29. The topological polar surface area (TPSA) is 21.6 Å². The molecule has 0 fully saturated rings. The Morgan fingerprint density at radius 3 is 2.00 bits per heavy atom. The Balaban J connectivity index is 1.91. The minimum Gasteiger partial charge on any atom is -0.476 e. The van der Waals surface area contributed by atoms with Crippen LogP contribution in [-0.2, 0) is 4.74 Å². The predicted molar refractivity (Wildman–Crippen MR) is 105 cm³/mol. The lowest BCUT2D eigenvalue weighted by Crippen LogP contribution is -2.01. The Hall–Kier alpha value is -3.13. The lowest BCUT2D eigenvalue weighted by Gasteiger charge is -2.15. The molecule has 25 heavy (non-hydrogen) atoms. The maximum atomic E-state index is 5.73. The zero-order chi connectivity index (χ0) is 16.4. The molecule has 1 aliphatic rings. The fourth-order valence-electron chi connectivity index (χ4n) is 4.29. The maximum absolute atomic E-state index is 5.73. The van der Waals surface area contributed by atoms with Gasteiger partial charge in [-0.05, 0) is 55.2 Å². The van der Waals surface area contributed by atoms with E-state index < -0.39 is 0 Å². The van der Waals surface area contributed by atoms with E-state index in [1.54, 1.807) is 0 Å². The van der Waals surface area contributed by atoms with Gasteiger partial charge in [-0.2, -0.15) is 0 Å². The van der Waals surface area contributed by atoms with Crippen LogP contribution in [0.3, 0.4) is 0 Å². The molecule has 0 N–H and O–H groups in total. The molecule has 0 spiro atoms. The summed E-state index contributed by atoms with van der Waals surface area (Å²) in [6.07, 6.45) is 0. The van der Waals surface area contributed by atoms with Crippen LogP contribution in [0.5, 0.6) is 0 Å². The van der Waals surface area contributed by atoms with Crippen molar-refractivity contribution in [3.8, 4) is 0 Å². The summed E-state index contributed by atoms with van der Waals surface area (Å²) in [4.78, 5) is 4.52. The first kappa shape index (κ1) is 13.2. The quantitative estimate of drug-likeness (QED) is 0.294. The molecule has 0 atom stereocenters. The zero-order valence-electron chi connectivity index (χ0n) is 13.6. The molecule has 2 nitrogen and oxygen atoms in total. The fraction of sp³-hybridized carbons (Fsp3) is 0.0870. The van der Waals surface area contributed by atoms with Crippen LogP contribution in [0.4, 0.5) is 0 Å². The van der Waals surface area contributed by atoms with Crippen LogP contribution in [-0.4, -0.2) is 19.0 Å². The summed E-state index contributed by atoms with van der Waals surface area (Å²) < 4.78 is 5.73. The molecule has 5 aromatic carbocycles. The number of ether oxygens (including phenoxy) is 1. The molecular weight excluding hydrogens is 306 g/mol. The first-order valence-corrected chi connectivity index (χ1v) is 8.67. The molecular formula is C23H15NO. The Morgan fingerprint density at radius 2 is 1.32 bits per heavy atom. The molecule has 1 heterocycles. The van der Waals surface area contributed by atoms with Gasteiger partial charge < -0.3 is 4.74 Å². The molecule has 0 unspecified atom stereocenters. The largest absolute Gasteiger partial charge is 0.476 e. The Bertz CT molecular complexity index is 1310. The minimum absolute atomic E-state index is 0.682. The SMILES string of the molecule is c1cc2cccc3c4cc(C5=NCCO5)cc5cccc(c(c1)c23)c54. The van der Waals surface area contributed by atoms with Crippen LogP contribution in [0.1, 0.15) is 5.56 Å². The zero-order valence-corrected chi connectivity index (χ0v) is 13.6. The van der Waals surface area contributed by atoms with Crippen LogP contribution in [0.2, 0.25) is 0 Å². The van der Waals surface area contributed by atoms with E-state index in [4.69, 9.17) is 4.74 Å². The van der Waals surface area contributed by atoms with Gasteiger partial charge in [0.25, 0.3) is 0 Å². The second-order valence-electron chi connectivity index (χ2n) is 6.67. The maximum Gasteiger partial charge on any atom is 0.216 e. The molecule has 1 aliphatic heterocycles. The highest BCUT2D eigenvalue weighted by molar-refractivity contribution is 6.33. The predicted octanol–water partition coefficient (Wildman–Crippen LogP) is 5.51. The lowest BCUT2D eigenvalue weighted by atomic mass is 9.89. The third kappa shape index (κ3) is 1.71. The number of benzene rings is 5. The van der Waals surface area contributed by atoms with E-state index in [0.717, 1.165) is 18.0 Å². The van der Waals surface area contributed by atoms with Gasteiger partial charge in [-0.25, -0.2) is 4.99 Å². The van der Waals surface area contributed by atoms with Gasteiger partial charge in [0.05, 0.1) is 6.54 Å².